The molecule has 0 aliphatic carbocycles. The van der Waals surface area contributed by atoms with E-state index in [1.807, 2.05) is 29.6 Å². The Labute approximate surface area is 165 Å². The SMILES string of the molecule is CCc1ccc(NC(=O)CCc2csc(NC(=O)c3ccc(=O)[nH]c3)n2)cc1. The van der Waals surface area contributed by atoms with Gasteiger partial charge in [0.05, 0.1) is 11.3 Å². The van der Waals surface area contributed by atoms with Gasteiger partial charge in [0, 0.05) is 29.8 Å². The first-order chi connectivity index (χ1) is 13.5. The van der Waals surface area contributed by atoms with Gasteiger partial charge in [0.25, 0.3) is 5.91 Å². The van der Waals surface area contributed by atoms with Crippen LogP contribution < -0.4 is 16.2 Å². The Hall–Kier alpha value is -3.26. The van der Waals surface area contributed by atoms with Crippen molar-refractivity contribution in [1.82, 2.24) is 9.97 Å². The summed E-state index contributed by atoms with van der Waals surface area (Å²) in [6.45, 7) is 2.08. The minimum Gasteiger partial charge on any atom is -0.328 e. The lowest BCUT2D eigenvalue weighted by Crippen LogP contribution is -2.14. The van der Waals surface area contributed by atoms with E-state index < -0.39 is 0 Å². The number of hydrogen-bond donors (Lipinski definition) is 3. The monoisotopic (exact) mass is 396 g/mol. The van der Waals surface area contributed by atoms with Crippen LogP contribution in [0.4, 0.5) is 10.8 Å². The number of hydrogen-bond acceptors (Lipinski definition) is 5. The molecule has 7 nitrogen and oxygen atoms in total. The van der Waals surface area contributed by atoms with Gasteiger partial charge in [-0.25, -0.2) is 4.98 Å². The molecule has 0 bridgehead atoms. The number of aryl methyl sites for hydroxylation is 2. The number of carbonyl (C=O) groups excluding carboxylic acids is 2. The molecular formula is C20H20N4O3S. The first-order valence-corrected chi connectivity index (χ1v) is 9.74. The number of nitrogens with zero attached hydrogens (tertiary/aromatic N) is 1. The van der Waals surface area contributed by atoms with Crippen LogP contribution in [0.15, 0.2) is 52.8 Å². The van der Waals surface area contributed by atoms with Crippen molar-refractivity contribution in [3.63, 3.8) is 0 Å². The molecule has 2 amide bonds. The molecule has 0 spiro atoms. The second-order valence-corrected chi connectivity index (χ2v) is 7.00. The molecule has 2 aromatic heterocycles. The van der Waals surface area contributed by atoms with Gasteiger partial charge in [0.2, 0.25) is 11.5 Å². The van der Waals surface area contributed by atoms with Crippen molar-refractivity contribution in [2.75, 3.05) is 10.6 Å². The van der Waals surface area contributed by atoms with Gasteiger partial charge in [0.1, 0.15) is 0 Å². The predicted molar refractivity (Wildman–Crippen MR) is 110 cm³/mol. The first kappa shape index (κ1) is 19.5. The van der Waals surface area contributed by atoms with Crippen LogP contribution in [0.5, 0.6) is 0 Å². The second kappa shape index (κ2) is 9.09. The number of carbonyl (C=O) groups is 2. The Kier molecular flexibility index (Phi) is 6.33. The molecule has 0 unspecified atom stereocenters. The predicted octanol–water partition coefficient (Wildman–Crippen LogP) is 3.22. The van der Waals surface area contributed by atoms with Crippen molar-refractivity contribution in [2.24, 2.45) is 0 Å². The molecule has 0 saturated heterocycles. The lowest BCUT2D eigenvalue weighted by Gasteiger charge is -2.05. The molecular weight excluding hydrogens is 376 g/mol. The van der Waals surface area contributed by atoms with Gasteiger partial charge in [-0.2, -0.15) is 0 Å². The third-order valence-electron chi connectivity index (χ3n) is 4.07. The number of thiazole rings is 1. The summed E-state index contributed by atoms with van der Waals surface area (Å²) in [7, 11) is 0. The number of rotatable bonds is 7. The van der Waals surface area contributed by atoms with Gasteiger partial charge in [-0.15, -0.1) is 11.3 Å². The fourth-order valence-corrected chi connectivity index (χ4v) is 3.23. The number of amides is 2. The van der Waals surface area contributed by atoms with Gasteiger partial charge < -0.3 is 10.3 Å². The number of aromatic nitrogens is 2. The van der Waals surface area contributed by atoms with Crippen molar-refractivity contribution < 1.29 is 9.59 Å². The van der Waals surface area contributed by atoms with Gasteiger partial charge in [-0.3, -0.25) is 19.7 Å². The summed E-state index contributed by atoms with van der Waals surface area (Å²) < 4.78 is 0. The van der Waals surface area contributed by atoms with Gasteiger partial charge >= 0.3 is 0 Å². The average Bonchev–Trinajstić information content (AvgIpc) is 3.15. The summed E-state index contributed by atoms with van der Waals surface area (Å²) in [5.74, 6) is -0.443. The molecule has 3 rings (SSSR count). The molecule has 28 heavy (non-hydrogen) atoms. The molecule has 0 radical (unpaired) electrons. The van der Waals surface area contributed by atoms with E-state index in [1.54, 1.807) is 0 Å². The molecule has 144 valence electrons. The van der Waals surface area contributed by atoms with Crippen LogP contribution in [0.2, 0.25) is 0 Å². The minimum atomic E-state index is -0.356. The van der Waals surface area contributed by atoms with Crippen molar-refractivity contribution in [2.45, 2.75) is 26.2 Å². The molecule has 3 aromatic rings. The van der Waals surface area contributed by atoms with Crippen molar-refractivity contribution in [1.29, 1.82) is 0 Å². The summed E-state index contributed by atoms with van der Waals surface area (Å²) in [5, 5.41) is 7.81. The zero-order valence-electron chi connectivity index (χ0n) is 15.3. The third-order valence-corrected chi connectivity index (χ3v) is 4.88. The Morgan fingerprint density at radius 1 is 1.11 bits per heavy atom. The maximum atomic E-state index is 12.1. The molecule has 0 aliphatic heterocycles. The van der Waals surface area contributed by atoms with Crippen LogP contribution in [-0.2, 0) is 17.6 Å². The van der Waals surface area contributed by atoms with Crippen LogP contribution in [0, 0.1) is 0 Å². The van der Waals surface area contributed by atoms with Gasteiger partial charge in [0.15, 0.2) is 5.13 Å². The highest BCUT2D eigenvalue weighted by Gasteiger charge is 2.10. The zero-order valence-corrected chi connectivity index (χ0v) is 16.1. The quantitative estimate of drug-likeness (QED) is 0.570. The maximum absolute atomic E-state index is 12.1. The smallest absolute Gasteiger partial charge is 0.258 e. The maximum Gasteiger partial charge on any atom is 0.258 e. The molecule has 0 saturated carbocycles. The zero-order chi connectivity index (χ0) is 19.9. The van der Waals surface area contributed by atoms with E-state index in [4.69, 9.17) is 0 Å². The van der Waals surface area contributed by atoms with E-state index in [0.717, 1.165) is 17.8 Å². The van der Waals surface area contributed by atoms with Crippen LogP contribution in [-0.4, -0.2) is 21.8 Å². The Morgan fingerprint density at radius 3 is 2.57 bits per heavy atom. The van der Waals surface area contributed by atoms with Gasteiger partial charge in [-0.1, -0.05) is 19.1 Å². The Morgan fingerprint density at radius 2 is 1.89 bits per heavy atom. The van der Waals surface area contributed by atoms with Crippen LogP contribution in [0.1, 0.15) is 35.0 Å². The third kappa shape index (κ3) is 5.37. The fourth-order valence-electron chi connectivity index (χ4n) is 2.49. The summed E-state index contributed by atoms with van der Waals surface area (Å²) in [6, 6.07) is 10.5. The second-order valence-electron chi connectivity index (χ2n) is 6.14. The van der Waals surface area contributed by atoms with E-state index >= 15 is 0 Å². The van der Waals surface area contributed by atoms with Crippen molar-refractivity contribution in [3.8, 4) is 0 Å². The molecule has 0 aliphatic rings. The Bertz CT molecular complexity index is 1000. The first-order valence-electron chi connectivity index (χ1n) is 8.87. The number of H-pyrrole nitrogens is 1. The number of pyridine rings is 1. The number of aromatic amines is 1. The number of benzene rings is 1. The summed E-state index contributed by atoms with van der Waals surface area (Å²) in [4.78, 5) is 42.1. The van der Waals surface area contributed by atoms with Crippen molar-refractivity contribution >= 4 is 34.0 Å². The van der Waals surface area contributed by atoms with E-state index in [9.17, 15) is 14.4 Å². The van der Waals surface area contributed by atoms with Gasteiger partial charge in [-0.05, 0) is 36.6 Å². The lowest BCUT2D eigenvalue weighted by molar-refractivity contribution is -0.116. The van der Waals surface area contributed by atoms with Crippen molar-refractivity contribution in [3.05, 3.63) is 75.1 Å². The molecule has 0 fully saturated rings. The van der Waals surface area contributed by atoms with Crippen LogP contribution in [0.3, 0.4) is 0 Å². The summed E-state index contributed by atoms with van der Waals surface area (Å²) >= 11 is 1.29. The molecule has 1 aromatic carbocycles. The number of nitrogens with one attached hydrogen (secondary N) is 3. The average molecular weight is 396 g/mol. The van der Waals surface area contributed by atoms with E-state index in [1.165, 1.54) is 35.2 Å². The molecule has 2 heterocycles. The Balaban J connectivity index is 1.49. The van der Waals surface area contributed by atoms with Crippen LogP contribution >= 0.6 is 11.3 Å². The highest BCUT2D eigenvalue weighted by atomic mass is 32.1. The summed E-state index contributed by atoms with van der Waals surface area (Å²) in [6.07, 6.45) is 3.08. The highest BCUT2D eigenvalue weighted by Crippen LogP contribution is 2.18. The fraction of sp³-hybridized carbons (Fsp3) is 0.200. The lowest BCUT2D eigenvalue weighted by atomic mass is 10.1. The van der Waals surface area contributed by atoms with Crippen LogP contribution in [0.25, 0.3) is 0 Å². The minimum absolute atomic E-state index is 0.0870. The standard InChI is InChI=1S/C20H20N4O3S/c1-2-13-3-6-15(7-4-13)22-18(26)10-8-16-12-28-20(23-16)24-19(27)14-5-9-17(25)21-11-14/h3-7,9,11-12H,2,8,10H2,1H3,(H,21,25)(H,22,26)(H,23,24,27). The number of anilines is 2. The highest BCUT2D eigenvalue weighted by molar-refractivity contribution is 7.14. The molecule has 0 atom stereocenters. The molecule has 8 heteroatoms. The van der Waals surface area contributed by atoms with E-state index in [2.05, 4.69) is 27.5 Å². The topological polar surface area (TPSA) is 104 Å². The normalized spacial score (nSPS) is 10.5. The largest absolute Gasteiger partial charge is 0.328 e. The molecule has 3 N–H and O–H groups in total. The van der Waals surface area contributed by atoms with E-state index in [0.29, 0.717) is 23.5 Å². The van der Waals surface area contributed by atoms with E-state index in [-0.39, 0.29) is 17.4 Å². The summed E-state index contributed by atoms with van der Waals surface area (Å²) in [5.41, 5.74) is 2.79.